The number of aromatic carboxylic acids is 1. The van der Waals surface area contributed by atoms with Crippen LogP contribution in [-0.4, -0.2) is 34.9 Å². The van der Waals surface area contributed by atoms with Crippen molar-refractivity contribution in [3.63, 3.8) is 0 Å². The molecule has 0 radical (unpaired) electrons. The summed E-state index contributed by atoms with van der Waals surface area (Å²) in [7, 11) is 1.27. The number of anilines is 2. The first kappa shape index (κ1) is 26.7. The van der Waals surface area contributed by atoms with Crippen LogP contribution in [-0.2, 0) is 6.18 Å². The van der Waals surface area contributed by atoms with E-state index in [0.717, 1.165) is 36.4 Å². The Hall–Kier alpha value is -4.94. The minimum Gasteiger partial charge on any atom is -0.495 e. The van der Waals surface area contributed by atoms with Crippen molar-refractivity contribution in [2.24, 2.45) is 0 Å². The molecule has 3 aromatic rings. The number of benzene rings is 3. The van der Waals surface area contributed by atoms with Gasteiger partial charge in [0.05, 0.1) is 34.4 Å². The highest BCUT2D eigenvalue weighted by atomic mass is 19.4. The van der Waals surface area contributed by atoms with Gasteiger partial charge in [-0.15, -0.1) is 0 Å². The molecular weight excluding hydrogens is 499 g/mol. The number of nitrogens with zero attached hydrogens (tertiary/aromatic N) is 1. The number of rotatable bonds is 7. The summed E-state index contributed by atoms with van der Waals surface area (Å²) in [4.78, 5) is 47.7. The van der Waals surface area contributed by atoms with Gasteiger partial charge in [0.2, 0.25) is 0 Å². The molecule has 3 rings (SSSR count). The zero-order valence-corrected chi connectivity index (χ0v) is 19.2. The third-order valence-corrected chi connectivity index (χ3v) is 5.20. The summed E-state index contributed by atoms with van der Waals surface area (Å²) in [6, 6.07) is 9.56. The van der Waals surface area contributed by atoms with Gasteiger partial charge in [-0.2, -0.15) is 13.2 Å². The maximum absolute atomic E-state index is 13.2. The molecule has 37 heavy (non-hydrogen) atoms. The predicted octanol–water partition coefficient (Wildman–Crippen LogP) is 5.13. The lowest BCUT2D eigenvalue weighted by molar-refractivity contribution is -0.384. The van der Waals surface area contributed by atoms with Gasteiger partial charge in [0, 0.05) is 23.4 Å². The summed E-state index contributed by atoms with van der Waals surface area (Å²) in [5.41, 5.74) is -2.91. The van der Waals surface area contributed by atoms with Crippen molar-refractivity contribution < 1.29 is 42.3 Å². The molecule has 0 saturated carbocycles. The lowest BCUT2D eigenvalue weighted by Gasteiger charge is -2.14. The number of amides is 2. The number of halogens is 3. The molecule has 0 aromatic heterocycles. The average molecular weight is 517 g/mol. The standard InChI is InChI=1S/C24H18F3N3O7/c1-12-3-5-14(10-18(12)24(25,26)27)28-22(32)17-9-13(4-7-16(17)23(33)34)21(31)29-19-11-15(30(35)36)6-8-20(19)37-2/h3-11H,1-2H3,(H,28,32)(H,29,31)(H,33,34). The van der Waals surface area contributed by atoms with E-state index < -0.39 is 45.6 Å². The Bertz CT molecular complexity index is 1420. The van der Waals surface area contributed by atoms with Gasteiger partial charge in [-0.25, -0.2) is 4.79 Å². The van der Waals surface area contributed by atoms with Gasteiger partial charge in [-0.3, -0.25) is 19.7 Å². The number of carboxylic acid groups (broad SMARTS) is 1. The molecule has 0 atom stereocenters. The number of hydrogen-bond donors (Lipinski definition) is 3. The van der Waals surface area contributed by atoms with E-state index in [1.165, 1.54) is 26.2 Å². The molecule has 0 unspecified atom stereocenters. The molecule has 0 aliphatic rings. The number of carbonyl (C=O) groups excluding carboxylic acids is 2. The summed E-state index contributed by atoms with van der Waals surface area (Å²) in [6.45, 7) is 1.25. The van der Waals surface area contributed by atoms with Crippen molar-refractivity contribution in [3.05, 3.63) is 92.5 Å². The van der Waals surface area contributed by atoms with E-state index in [4.69, 9.17) is 4.74 Å². The molecule has 0 aliphatic carbocycles. The second-order valence-electron chi connectivity index (χ2n) is 7.64. The van der Waals surface area contributed by atoms with E-state index in [0.29, 0.717) is 6.07 Å². The molecule has 0 saturated heterocycles. The fourth-order valence-electron chi connectivity index (χ4n) is 3.37. The van der Waals surface area contributed by atoms with E-state index in [1.807, 2.05) is 0 Å². The highest BCUT2D eigenvalue weighted by Gasteiger charge is 2.32. The third kappa shape index (κ3) is 6.01. The second-order valence-corrected chi connectivity index (χ2v) is 7.64. The van der Waals surface area contributed by atoms with E-state index in [2.05, 4.69) is 10.6 Å². The molecular formula is C24H18F3N3O7. The number of alkyl halides is 3. The number of carboxylic acids is 1. The molecule has 0 spiro atoms. The molecule has 0 heterocycles. The maximum atomic E-state index is 13.2. The van der Waals surface area contributed by atoms with Crippen LogP contribution in [0.15, 0.2) is 54.6 Å². The van der Waals surface area contributed by atoms with E-state index in [9.17, 15) is 42.8 Å². The van der Waals surface area contributed by atoms with Crippen LogP contribution in [0.4, 0.5) is 30.2 Å². The Morgan fingerprint density at radius 2 is 1.65 bits per heavy atom. The Balaban J connectivity index is 1.95. The van der Waals surface area contributed by atoms with E-state index in [1.54, 1.807) is 0 Å². The molecule has 10 nitrogen and oxygen atoms in total. The van der Waals surface area contributed by atoms with Crippen LogP contribution < -0.4 is 15.4 Å². The highest BCUT2D eigenvalue weighted by molar-refractivity contribution is 6.13. The quantitative estimate of drug-likeness (QED) is 0.291. The SMILES string of the molecule is COc1ccc([N+](=O)[O-])cc1NC(=O)c1ccc(C(=O)O)c(C(=O)Nc2ccc(C)c(C(F)(F)F)c2)c1. The van der Waals surface area contributed by atoms with Crippen LogP contribution >= 0.6 is 0 Å². The lowest BCUT2D eigenvalue weighted by atomic mass is 10.0. The number of hydrogen-bond acceptors (Lipinski definition) is 6. The second kappa shape index (κ2) is 10.4. The molecule has 0 fully saturated rings. The van der Waals surface area contributed by atoms with Gasteiger partial charge in [0.1, 0.15) is 5.75 Å². The third-order valence-electron chi connectivity index (χ3n) is 5.20. The minimum atomic E-state index is -4.68. The number of nitro groups is 1. The van der Waals surface area contributed by atoms with Crippen LogP contribution in [0.3, 0.4) is 0 Å². The van der Waals surface area contributed by atoms with E-state index >= 15 is 0 Å². The van der Waals surface area contributed by atoms with Crippen LogP contribution in [0.1, 0.15) is 42.2 Å². The summed E-state index contributed by atoms with van der Waals surface area (Å²) in [6.07, 6.45) is -4.68. The molecule has 0 bridgehead atoms. The summed E-state index contributed by atoms with van der Waals surface area (Å²) >= 11 is 0. The molecule has 192 valence electrons. The number of ether oxygens (including phenoxy) is 1. The normalized spacial score (nSPS) is 10.9. The van der Waals surface area contributed by atoms with Crippen molar-refractivity contribution in [2.75, 3.05) is 17.7 Å². The molecule has 2 amide bonds. The predicted molar refractivity (Wildman–Crippen MR) is 125 cm³/mol. The molecule has 3 aromatic carbocycles. The number of nitro benzene ring substituents is 1. The number of carbonyl (C=O) groups is 3. The smallest absolute Gasteiger partial charge is 0.416 e. The monoisotopic (exact) mass is 517 g/mol. The van der Waals surface area contributed by atoms with Gasteiger partial charge in [0.25, 0.3) is 17.5 Å². The maximum Gasteiger partial charge on any atom is 0.416 e. The van der Waals surface area contributed by atoms with Crippen molar-refractivity contribution in [2.45, 2.75) is 13.1 Å². The van der Waals surface area contributed by atoms with Gasteiger partial charge < -0.3 is 20.5 Å². The highest BCUT2D eigenvalue weighted by Crippen LogP contribution is 2.34. The first-order valence-electron chi connectivity index (χ1n) is 10.3. The van der Waals surface area contributed by atoms with Crippen molar-refractivity contribution >= 4 is 34.8 Å². The summed E-state index contributed by atoms with van der Waals surface area (Å²) in [5, 5.41) is 25.2. The first-order valence-corrected chi connectivity index (χ1v) is 10.3. The fraction of sp³-hybridized carbons (Fsp3) is 0.125. The van der Waals surface area contributed by atoms with Crippen LogP contribution in [0.5, 0.6) is 5.75 Å². The Labute approximate surface area is 206 Å². The Morgan fingerprint density at radius 3 is 2.24 bits per heavy atom. The first-order chi connectivity index (χ1) is 17.3. The van der Waals surface area contributed by atoms with E-state index in [-0.39, 0.29) is 33.9 Å². The van der Waals surface area contributed by atoms with Crippen LogP contribution in [0.25, 0.3) is 0 Å². The van der Waals surface area contributed by atoms with Crippen molar-refractivity contribution in [1.82, 2.24) is 0 Å². The van der Waals surface area contributed by atoms with Gasteiger partial charge in [-0.05, 0) is 48.9 Å². The Kier molecular flexibility index (Phi) is 7.46. The largest absolute Gasteiger partial charge is 0.495 e. The summed E-state index contributed by atoms with van der Waals surface area (Å²) in [5.74, 6) is -3.35. The number of aryl methyl sites for hydroxylation is 1. The summed E-state index contributed by atoms with van der Waals surface area (Å²) < 4.78 is 44.7. The topological polar surface area (TPSA) is 148 Å². The minimum absolute atomic E-state index is 0.0608. The van der Waals surface area contributed by atoms with Gasteiger partial charge >= 0.3 is 12.1 Å². The van der Waals surface area contributed by atoms with Gasteiger partial charge in [0.15, 0.2) is 0 Å². The zero-order valence-electron chi connectivity index (χ0n) is 19.2. The number of methoxy groups -OCH3 is 1. The zero-order chi connectivity index (χ0) is 27.5. The molecule has 13 heteroatoms. The van der Waals surface area contributed by atoms with Crippen molar-refractivity contribution in [1.29, 1.82) is 0 Å². The number of nitrogens with one attached hydrogen (secondary N) is 2. The van der Waals surface area contributed by atoms with Crippen LogP contribution in [0.2, 0.25) is 0 Å². The lowest BCUT2D eigenvalue weighted by Crippen LogP contribution is -2.20. The molecule has 3 N–H and O–H groups in total. The fourth-order valence-corrected chi connectivity index (χ4v) is 3.37. The van der Waals surface area contributed by atoms with Gasteiger partial charge in [-0.1, -0.05) is 6.07 Å². The van der Waals surface area contributed by atoms with Crippen LogP contribution in [0, 0.1) is 17.0 Å². The Morgan fingerprint density at radius 1 is 0.946 bits per heavy atom. The molecule has 0 aliphatic heterocycles. The number of non-ortho nitro benzene ring substituents is 1. The van der Waals surface area contributed by atoms with Crippen molar-refractivity contribution in [3.8, 4) is 5.75 Å². The average Bonchev–Trinajstić information content (AvgIpc) is 2.83.